The van der Waals surface area contributed by atoms with Crippen molar-refractivity contribution in [1.29, 1.82) is 0 Å². The maximum atomic E-state index is 12.9. The van der Waals surface area contributed by atoms with Gasteiger partial charge in [0, 0.05) is 6.54 Å². The van der Waals surface area contributed by atoms with Gasteiger partial charge >= 0.3 is 0 Å². The van der Waals surface area contributed by atoms with Gasteiger partial charge in [0.25, 0.3) is 0 Å². The van der Waals surface area contributed by atoms with Crippen LogP contribution in [0.25, 0.3) is 0 Å². The molecule has 3 aromatic rings. The number of halogens is 2. The van der Waals surface area contributed by atoms with Gasteiger partial charge in [-0.3, -0.25) is 0 Å². The molecule has 0 spiro atoms. The molecular formula is C20H17ClFNO. The normalized spacial score (nSPS) is 10.4. The van der Waals surface area contributed by atoms with E-state index in [2.05, 4.69) is 5.32 Å². The number of nitrogens with one attached hydrogen (secondary N) is 1. The lowest BCUT2D eigenvalue weighted by atomic mass is 10.2. The van der Waals surface area contributed by atoms with Crippen LogP contribution in [0.4, 0.5) is 10.1 Å². The minimum atomic E-state index is -0.242. The number of rotatable bonds is 6. The van der Waals surface area contributed by atoms with Crippen LogP contribution >= 0.6 is 11.6 Å². The summed E-state index contributed by atoms with van der Waals surface area (Å²) in [4.78, 5) is 0. The lowest BCUT2D eigenvalue weighted by Gasteiger charge is -2.10. The number of ether oxygens (including phenoxy) is 1. The van der Waals surface area contributed by atoms with Gasteiger partial charge in [0.2, 0.25) is 0 Å². The smallest absolute Gasteiger partial charge is 0.123 e. The molecule has 2 nitrogen and oxygen atoms in total. The molecule has 0 aliphatic rings. The maximum Gasteiger partial charge on any atom is 0.123 e. The van der Waals surface area contributed by atoms with Gasteiger partial charge in [-0.15, -0.1) is 0 Å². The van der Waals surface area contributed by atoms with Crippen LogP contribution in [-0.2, 0) is 13.2 Å². The van der Waals surface area contributed by atoms with Gasteiger partial charge in [0.05, 0.1) is 10.7 Å². The Hall–Kier alpha value is -2.52. The molecule has 0 saturated carbocycles. The van der Waals surface area contributed by atoms with E-state index in [1.165, 1.54) is 12.1 Å². The summed E-state index contributed by atoms with van der Waals surface area (Å²) in [6.45, 7) is 1.10. The molecule has 0 aliphatic heterocycles. The first kappa shape index (κ1) is 16.3. The van der Waals surface area contributed by atoms with E-state index in [-0.39, 0.29) is 5.82 Å². The third-order valence-corrected chi connectivity index (χ3v) is 3.93. The highest BCUT2D eigenvalue weighted by molar-refractivity contribution is 6.33. The number of hydrogen-bond acceptors (Lipinski definition) is 2. The van der Waals surface area contributed by atoms with Gasteiger partial charge in [-0.1, -0.05) is 48.0 Å². The highest BCUT2D eigenvalue weighted by Gasteiger charge is 2.00. The van der Waals surface area contributed by atoms with E-state index in [0.29, 0.717) is 18.2 Å². The van der Waals surface area contributed by atoms with E-state index in [1.54, 1.807) is 12.1 Å². The zero-order valence-corrected chi connectivity index (χ0v) is 13.8. The Bertz CT molecular complexity index is 787. The zero-order valence-electron chi connectivity index (χ0n) is 13.0. The molecule has 1 N–H and O–H groups in total. The molecule has 0 amide bonds. The molecule has 0 unspecified atom stereocenters. The fraction of sp³-hybridized carbons (Fsp3) is 0.100. The van der Waals surface area contributed by atoms with Crippen LogP contribution in [0.3, 0.4) is 0 Å². The van der Waals surface area contributed by atoms with Crippen molar-refractivity contribution in [3.05, 3.63) is 94.8 Å². The SMILES string of the molecule is Fc1ccc(COc2ccc(CNc3ccccc3Cl)cc2)cc1. The quantitative estimate of drug-likeness (QED) is 0.623. The predicted molar refractivity (Wildman–Crippen MR) is 96.0 cm³/mol. The van der Waals surface area contributed by atoms with Crippen LogP contribution in [0.5, 0.6) is 5.75 Å². The van der Waals surface area contributed by atoms with E-state index < -0.39 is 0 Å². The van der Waals surface area contributed by atoms with Gasteiger partial charge in [0.15, 0.2) is 0 Å². The van der Waals surface area contributed by atoms with E-state index in [4.69, 9.17) is 16.3 Å². The summed E-state index contributed by atoms with van der Waals surface area (Å²) in [5, 5.41) is 4.01. The van der Waals surface area contributed by atoms with Crippen LogP contribution in [0.1, 0.15) is 11.1 Å². The molecule has 24 heavy (non-hydrogen) atoms. The average molecular weight is 342 g/mol. The van der Waals surface area contributed by atoms with E-state index in [9.17, 15) is 4.39 Å². The first-order chi connectivity index (χ1) is 11.7. The molecular weight excluding hydrogens is 325 g/mol. The van der Waals surface area contributed by atoms with Crippen molar-refractivity contribution in [2.24, 2.45) is 0 Å². The van der Waals surface area contributed by atoms with Crippen molar-refractivity contribution in [1.82, 2.24) is 0 Å². The lowest BCUT2D eigenvalue weighted by Crippen LogP contribution is -2.00. The highest BCUT2D eigenvalue weighted by Crippen LogP contribution is 2.21. The second-order valence-corrected chi connectivity index (χ2v) is 5.80. The Balaban J connectivity index is 1.53. The van der Waals surface area contributed by atoms with Crippen LogP contribution in [0.2, 0.25) is 5.02 Å². The molecule has 0 fully saturated rings. The molecule has 0 aliphatic carbocycles. The Morgan fingerprint density at radius 3 is 2.21 bits per heavy atom. The van der Waals surface area contributed by atoms with Crippen LogP contribution < -0.4 is 10.1 Å². The number of benzene rings is 3. The van der Waals surface area contributed by atoms with Gasteiger partial charge in [-0.25, -0.2) is 4.39 Å². The number of para-hydroxylation sites is 1. The van der Waals surface area contributed by atoms with Crippen molar-refractivity contribution in [2.75, 3.05) is 5.32 Å². The van der Waals surface area contributed by atoms with Gasteiger partial charge in [-0.2, -0.15) is 0 Å². The van der Waals surface area contributed by atoms with Crippen LogP contribution in [0.15, 0.2) is 72.8 Å². The van der Waals surface area contributed by atoms with E-state index in [1.807, 2.05) is 48.5 Å². The number of anilines is 1. The molecule has 0 radical (unpaired) electrons. The highest BCUT2D eigenvalue weighted by atomic mass is 35.5. The molecule has 3 rings (SSSR count). The summed E-state index contributed by atoms with van der Waals surface area (Å²) in [5.74, 6) is 0.537. The van der Waals surface area contributed by atoms with Gasteiger partial charge in [0.1, 0.15) is 18.2 Å². The Morgan fingerprint density at radius 2 is 1.50 bits per heavy atom. The maximum absolute atomic E-state index is 12.9. The van der Waals surface area contributed by atoms with Crippen molar-refractivity contribution >= 4 is 17.3 Å². The molecule has 0 aromatic heterocycles. The summed E-state index contributed by atoms with van der Waals surface area (Å²) in [5.41, 5.74) is 2.97. The summed E-state index contributed by atoms with van der Waals surface area (Å²) in [6, 6.07) is 21.8. The molecule has 4 heteroatoms. The molecule has 0 bridgehead atoms. The second-order valence-electron chi connectivity index (χ2n) is 5.39. The Morgan fingerprint density at radius 1 is 0.833 bits per heavy atom. The summed E-state index contributed by atoms with van der Waals surface area (Å²) >= 11 is 6.12. The van der Waals surface area contributed by atoms with E-state index in [0.717, 1.165) is 22.6 Å². The first-order valence-corrected chi connectivity index (χ1v) is 8.03. The molecule has 0 heterocycles. The van der Waals surface area contributed by atoms with Crippen molar-refractivity contribution < 1.29 is 9.13 Å². The largest absolute Gasteiger partial charge is 0.489 e. The Kier molecular flexibility index (Phi) is 5.34. The monoisotopic (exact) mass is 341 g/mol. The summed E-state index contributed by atoms with van der Waals surface area (Å²) in [6.07, 6.45) is 0. The third kappa shape index (κ3) is 4.49. The fourth-order valence-electron chi connectivity index (χ4n) is 2.25. The molecule has 122 valence electrons. The summed E-state index contributed by atoms with van der Waals surface area (Å²) in [7, 11) is 0. The van der Waals surface area contributed by atoms with Gasteiger partial charge < -0.3 is 10.1 Å². The number of hydrogen-bond donors (Lipinski definition) is 1. The molecule has 3 aromatic carbocycles. The standard InChI is InChI=1S/C20H17ClFNO/c21-19-3-1-2-4-20(19)23-13-15-7-11-18(12-8-15)24-14-16-5-9-17(22)10-6-16/h1-12,23H,13-14H2. The zero-order chi connectivity index (χ0) is 16.8. The first-order valence-electron chi connectivity index (χ1n) is 7.65. The van der Waals surface area contributed by atoms with Crippen LogP contribution in [0, 0.1) is 5.82 Å². The average Bonchev–Trinajstić information content (AvgIpc) is 2.61. The summed E-state index contributed by atoms with van der Waals surface area (Å²) < 4.78 is 18.6. The van der Waals surface area contributed by atoms with Gasteiger partial charge in [-0.05, 0) is 47.5 Å². The van der Waals surface area contributed by atoms with Crippen LogP contribution in [-0.4, -0.2) is 0 Å². The topological polar surface area (TPSA) is 21.3 Å². The minimum Gasteiger partial charge on any atom is -0.489 e. The third-order valence-electron chi connectivity index (χ3n) is 3.60. The van der Waals surface area contributed by atoms with Crippen molar-refractivity contribution in [2.45, 2.75) is 13.2 Å². The van der Waals surface area contributed by atoms with Crippen molar-refractivity contribution in [3.8, 4) is 5.75 Å². The lowest BCUT2D eigenvalue weighted by molar-refractivity contribution is 0.306. The van der Waals surface area contributed by atoms with Crippen molar-refractivity contribution in [3.63, 3.8) is 0 Å². The Labute approximate surface area is 145 Å². The second kappa shape index (κ2) is 7.84. The molecule has 0 saturated heterocycles. The van der Waals surface area contributed by atoms with E-state index >= 15 is 0 Å². The fourth-order valence-corrected chi connectivity index (χ4v) is 2.46. The molecule has 0 atom stereocenters. The minimum absolute atomic E-state index is 0.242. The predicted octanol–water partition coefficient (Wildman–Crippen LogP) is 5.67.